The molecule has 0 spiro atoms. The minimum atomic E-state index is 0.0192. The first-order chi connectivity index (χ1) is 11.6. The Morgan fingerprint density at radius 2 is 2.25 bits per heavy atom. The minimum Gasteiger partial charge on any atom is -0.496 e. The van der Waals surface area contributed by atoms with Crippen molar-refractivity contribution in [3.05, 3.63) is 41.2 Å². The van der Waals surface area contributed by atoms with Gasteiger partial charge in [-0.2, -0.15) is 0 Å². The predicted molar refractivity (Wildman–Crippen MR) is 89.9 cm³/mol. The van der Waals surface area contributed by atoms with Gasteiger partial charge in [0, 0.05) is 25.2 Å². The molecule has 0 radical (unpaired) electrons. The smallest absolute Gasteiger partial charge is 0.234 e. The van der Waals surface area contributed by atoms with Gasteiger partial charge in [-0.1, -0.05) is 22.9 Å². The van der Waals surface area contributed by atoms with Gasteiger partial charge in [0.15, 0.2) is 0 Å². The molecule has 2 heterocycles. The van der Waals surface area contributed by atoms with Gasteiger partial charge < -0.3 is 10.1 Å². The van der Waals surface area contributed by atoms with Crippen molar-refractivity contribution in [3.63, 3.8) is 0 Å². The SMILES string of the molecule is COc1ccc(C)cc1[C@H](C)n1cc(CN2CCNC(=O)C2)nn1. The number of aromatic nitrogens is 3. The molecule has 1 aromatic heterocycles. The van der Waals surface area contributed by atoms with Crippen LogP contribution in [-0.2, 0) is 11.3 Å². The summed E-state index contributed by atoms with van der Waals surface area (Å²) in [6.07, 6.45) is 1.94. The Kier molecular flexibility index (Phi) is 4.80. The molecule has 7 nitrogen and oxygen atoms in total. The molecular formula is C17H23N5O2. The zero-order chi connectivity index (χ0) is 17.1. The normalized spacial score (nSPS) is 16.7. The second kappa shape index (κ2) is 7.00. The van der Waals surface area contributed by atoms with Crippen LogP contribution in [0.4, 0.5) is 0 Å². The average molecular weight is 329 g/mol. The van der Waals surface area contributed by atoms with Crippen molar-refractivity contribution < 1.29 is 9.53 Å². The number of rotatable bonds is 5. The number of carbonyl (C=O) groups excluding carboxylic acids is 1. The van der Waals surface area contributed by atoms with E-state index in [1.807, 2.05) is 23.0 Å². The maximum atomic E-state index is 11.5. The molecule has 0 aliphatic carbocycles. The van der Waals surface area contributed by atoms with Gasteiger partial charge in [-0.05, 0) is 19.9 Å². The Bertz CT molecular complexity index is 728. The third kappa shape index (κ3) is 3.56. The van der Waals surface area contributed by atoms with Crippen LogP contribution in [0.5, 0.6) is 5.75 Å². The van der Waals surface area contributed by atoms with Gasteiger partial charge in [0.25, 0.3) is 0 Å². The van der Waals surface area contributed by atoms with Crippen molar-refractivity contribution in [1.29, 1.82) is 0 Å². The highest BCUT2D eigenvalue weighted by Crippen LogP contribution is 2.28. The summed E-state index contributed by atoms with van der Waals surface area (Å²) < 4.78 is 7.31. The molecule has 1 atom stereocenters. The Morgan fingerprint density at radius 1 is 1.42 bits per heavy atom. The maximum Gasteiger partial charge on any atom is 0.234 e. The van der Waals surface area contributed by atoms with Crippen LogP contribution in [0.25, 0.3) is 0 Å². The molecule has 1 aliphatic rings. The van der Waals surface area contributed by atoms with Crippen LogP contribution in [0.15, 0.2) is 24.4 Å². The fraction of sp³-hybridized carbons (Fsp3) is 0.471. The topological polar surface area (TPSA) is 72.3 Å². The van der Waals surface area contributed by atoms with E-state index >= 15 is 0 Å². The summed E-state index contributed by atoms with van der Waals surface area (Å²) in [7, 11) is 1.68. The molecule has 0 saturated carbocycles. The van der Waals surface area contributed by atoms with E-state index in [4.69, 9.17) is 4.74 Å². The second-order valence-electron chi connectivity index (χ2n) is 6.17. The Morgan fingerprint density at radius 3 is 3.00 bits per heavy atom. The van der Waals surface area contributed by atoms with Crippen LogP contribution < -0.4 is 10.1 Å². The molecule has 1 N–H and O–H groups in total. The Hall–Kier alpha value is -2.41. The standard InChI is InChI=1S/C17H23N5O2/c1-12-4-5-16(24-3)15(8-12)13(2)22-10-14(19-20-22)9-21-7-6-18-17(23)11-21/h4-5,8,10,13H,6-7,9,11H2,1-3H3,(H,18,23)/t13-/m0/s1. The van der Waals surface area contributed by atoms with E-state index in [9.17, 15) is 4.79 Å². The number of nitrogens with zero attached hydrogens (tertiary/aromatic N) is 4. The number of piperazine rings is 1. The van der Waals surface area contributed by atoms with E-state index in [0.29, 0.717) is 19.6 Å². The molecule has 128 valence electrons. The third-order valence-corrected chi connectivity index (χ3v) is 4.29. The van der Waals surface area contributed by atoms with Crippen molar-refractivity contribution in [1.82, 2.24) is 25.2 Å². The van der Waals surface area contributed by atoms with Gasteiger partial charge in [0.1, 0.15) is 5.75 Å². The van der Waals surface area contributed by atoms with E-state index < -0.39 is 0 Å². The second-order valence-corrected chi connectivity index (χ2v) is 6.17. The van der Waals surface area contributed by atoms with Crippen LogP contribution in [0, 0.1) is 6.92 Å². The highest BCUT2D eigenvalue weighted by Gasteiger charge is 2.19. The zero-order valence-electron chi connectivity index (χ0n) is 14.3. The number of aryl methyl sites for hydroxylation is 1. The van der Waals surface area contributed by atoms with E-state index in [1.54, 1.807) is 7.11 Å². The van der Waals surface area contributed by atoms with Crippen molar-refractivity contribution in [2.45, 2.75) is 26.4 Å². The summed E-state index contributed by atoms with van der Waals surface area (Å²) in [5.41, 5.74) is 3.12. The number of ether oxygens (including phenoxy) is 1. The summed E-state index contributed by atoms with van der Waals surface area (Å²) >= 11 is 0. The van der Waals surface area contributed by atoms with Crippen LogP contribution in [-0.4, -0.2) is 52.5 Å². The molecule has 24 heavy (non-hydrogen) atoms. The number of carbonyl (C=O) groups is 1. The number of nitrogens with one attached hydrogen (secondary N) is 1. The van der Waals surface area contributed by atoms with Gasteiger partial charge in [-0.25, -0.2) is 4.68 Å². The van der Waals surface area contributed by atoms with Crippen LogP contribution in [0.2, 0.25) is 0 Å². The zero-order valence-corrected chi connectivity index (χ0v) is 14.3. The van der Waals surface area contributed by atoms with Crippen molar-refractivity contribution in [3.8, 4) is 5.75 Å². The van der Waals surface area contributed by atoms with E-state index in [1.165, 1.54) is 5.56 Å². The van der Waals surface area contributed by atoms with Gasteiger partial charge in [-0.15, -0.1) is 5.10 Å². The summed E-state index contributed by atoms with van der Waals surface area (Å²) in [5, 5.41) is 11.3. The van der Waals surface area contributed by atoms with Gasteiger partial charge in [-0.3, -0.25) is 9.69 Å². The molecule has 3 rings (SSSR count). The number of benzene rings is 1. The van der Waals surface area contributed by atoms with Crippen molar-refractivity contribution >= 4 is 5.91 Å². The average Bonchev–Trinajstić information content (AvgIpc) is 3.02. The number of hydrogen-bond acceptors (Lipinski definition) is 5. The molecule has 0 unspecified atom stereocenters. The van der Waals surface area contributed by atoms with Gasteiger partial charge >= 0.3 is 0 Å². The third-order valence-electron chi connectivity index (χ3n) is 4.29. The first kappa shape index (κ1) is 16.4. The van der Waals surface area contributed by atoms with Gasteiger partial charge in [0.05, 0.1) is 31.6 Å². The summed E-state index contributed by atoms with van der Waals surface area (Å²) in [6.45, 7) is 6.69. The molecule has 1 fully saturated rings. The molecule has 7 heteroatoms. The summed E-state index contributed by atoms with van der Waals surface area (Å²) in [5.74, 6) is 0.907. The quantitative estimate of drug-likeness (QED) is 0.890. The predicted octanol–water partition coefficient (Wildman–Crippen LogP) is 1.14. The highest BCUT2D eigenvalue weighted by molar-refractivity contribution is 5.78. The van der Waals surface area contributed by atoms with Crippen molar-refractivity contribution in [2.75, 3.05) is 26.7 Å². The largest absolute Gasteiger partial charge is 0.496 e. The lowest BCUT2D eigenvalue weighted by Gasteiger charge is -2.25. The van der Waals surface area contributed by atoms with Crippen molar-refractivity contribution in [2.24, 2.45) is 0 Å². The molecular weight excluding hydrogens is 306 g/mol. The van der Waals surface area contributed by atoms with E-state index in [2.05, 4.69) is 40.4 Å². The fourth-order valence-corrected chi connectivity index (χ4v) is 2.95. The van der Waals surface area contributed by atoms with Crippen LogP contribution >= 0.6 is 0 Å². The van der Waals surface area contributed by atoms with E-state index in [-0.39, 0.29) is 11.9 Å². The van der Waals surface area contributed by atoms with Crippen LogP contribution in [0.1, 0.15) is 29.8 Å². The van der Waals surface area contributed by atoms with E-state index in [0.717, 1.165) is 23.6 Å². The summed E-state index contributed by atoms with van der Waals surface area (Å²) in [4.78, 5) is 13.5. The highest BCUT2D eigenvalue weighted by atomic mass is 16.5. The van der Waals surface area contributed by atoms with Crippen LogP contribution in [0.3, 0.4) is 0 Å². The molecule has 1 aliphatic heterocycles. The lowest BCUT2D eigenvalue weighted by Crippen LogP contribution is -2.47. The number of hydrogen-bond donors (Lipinski definition) is 1. The first-order valence-electron chi connectivity index (χ1n) is 8.11. The lowest BCUT2D eigenvalue weighted by molar-refractivity contribution is -0.124. The first-order valence-corrected chi connectivity index (χ1v) is 8.11. The maximum absolute atomic E-state index is 11.5. The molecule has 1 aromatic carbocycles. The Balaban J connectivity index is 1.75. The minimum absolute atomic E-state index is 0.0192. The number of amides is 1. The lowest BCUT2D eigenvalue weighted by atomic mass is 10.0. The number of methoxy groups -OCH3 is 1. The molecule has 1 saturated heterocycles. The van der Waals surface area contributed by atoms with Gasteiger partial charge in [0.2, 0.25) is 5.91 Å². The molecule has 1 amide bonds. The molecule has 2 aromatic rings. The fourth-order valence-electron chi connectivity index (χ4n) is 2.95. The molecule has 0 bridgehead atoms. The monoisotopic (exact) mass is 329 g/mol. The Labute approximate surface area is 141 Å². The summed E-state index contributed by atoms with van der Waals surface area (Å²) in [6, 6.07) is 6.14.